The molecular weight excluding hydrogens is 565 g/mol. The smallest absolute Gasteiger partial charge is 0.296 e. The lowest BCUT2D eigenvalue weighted by molar-refractivity contribution is 0.102. The minimum atomic E-state index is -4.69. The summed E-state index contributed by atoms with van der Waals surface area (Å²) in [5, 5.41) is 23.3. The number of azo groups is 1. The third kappa shape index (κ3) is 5.84. The summed E-state index contributed by atoms with van der Waals surface area (Å²) in [5.74, 6) is -0.910. The third-order valence-corrected chi connectivity index (χ3v) is 7.42. The van der Waals surface area contributed by atoms with Crippen LogP contribution in [0.3, 0.4) is 0 Å². The van der Waals surface area contributed by atoms with E-state index in [1.54, 1.807) is 49.4 Å². The number of nitrogens with one attached hydrogen (secondary N) is 1. The van der Waals surface area contributed by atoms with Gasteiger partial charge in [-0.2, -0.15) is 8.42 Å². The molecule has 4 aromatic carbocycles. The quantitative estimate of drug-likeness (QED) is 0.142. The Bertz CT molecular complexity index is 1720. The lowest BCUT2D eigenvalue weighted by Gasteiger charge is -2.14. The molecule has 0 bridgehead atoms. The van der Waals surface area contributed by atoms with Gasteiger partial charge in [0.1, 0.15) is 16.3 Å². The van der Waals surface area contributed by atoms with Crippen LogP contribution in [0.15, 0.2) is 75.8 Å². The van der Waals surface area contributed by atoms with E-state index in [1.807, 2.05) is 6.92 Å². The van der Waals surface area contributed by atoms with Crippen LogP contribution in [-0.4, -0.2) is 30.6 Å². The van der Waals surface area contributed by atoms with Gasteiger partial charge >= 0.3 is 0 Å². The normalized spacial score (nSPS) is 11.7. The molecule has 4 aromatic rings. The van der Waals surface area contributed by atoms with Crippen molar-refractivity contribution in [3.05, 3.63) is 81.8 Å². The highest BCUT2D eigenvalue weighted by molar-refractivity contribution is 7.86. The molecule has 0 radical (unpaired) electrons. The Labute approximate surface area is 234 Å². The van der Waals surface area contributed by atoms with Gasteiger partial charge in [-0.3, -0.25) is 9.35 Å². The molecule has 0 heterocycles. The van der Waals surface area contributed by atoms with Gasteiger partial charge in [0.2, 0.25) is 0 Å². The summed E-state index contributed by atoms with van der Waals surface area (Å²) >= 11 is 12.6. The van der Waals surface area contributed by atoms with Crippen molar-refractivity contribution in [3.63, 3.8) is 0 Å². The predicted octanol–water partition coefficient (Wildman–Crippen LogP) is 7.73. The molecule has 202 valence electrons. The van der Waals surface area contributed by atoms with Crippen molar-refractivity contribution in [1.82, 2.24) is 0 Å². The maximum atomic E-state index is 13.3. The summed E-state index contributed by atoms with van der Waals surface area (Å²) in [6, 6.07) is 15.8. The number of para-hydroxylation sites is 1. The van der Waals surface area contributed by atoms with Gasteiger partial charge < -0.3 is 15.2 Å². The van der Waals surface area contributed by atoms with Crippen LogP contribution >= 0.6 is 23.2 Å². The Morgan fingerprint density at radius 1 is 1.00 bits per heavy atom. The van der Waals surface area contributed by atoms with Crippen molar-refractivity contribution in [1.29, 1.82) is 0 Å². The molecule has 0 saturated heterocycles. The van der Waals surface area contributed by atoms with E-state index < -0.39 is 26.7 Å². The number of anilines is 1. The fraction of sp³-hybridized carbons (Fsp3) is 0.148. The van der Waals surface area contributed by atoms with E-state index >= 15 is 0 Å². The number of aromatic hydroxyl groups is 1. The van der Waals surface area contributed by atoms with Gasteiger partial charge in [0.05, 0.1) is 27.9 Å². The van der Waals surface area contributed by atoms with Gasteiger partial charge in [-0.15, -0.1) is 10.2 Å². The fourth-order valence-electron chi connectivity index (χ4n) is 3.94. The molecule has 0 fully saturated rings. The predicted molar refractivity (Wildman–Crippen MR) is 151 cm³/mol. The first-order chi connectivity index (χ1) is 18.6. The standard InChI is InChI=1S/C27H23Cl2N3O6S/c1-3-15-12-13-21(39(35,36)37)24(22(15)29)32-31-23-17-9-6-5-8-16(17)14-18(25(23)33)27(34)30-20-11-7-10-19(28)26(20)38-4-2/h5-14,33H,3-4H2,1-2H3,(H,30,34)(H,35,36,37). The van der Waals surface area contributed by atoms with Crippen molar-refractivity contribution in [2.24, 2.45) is 10.2 Å². The molecular formula is C27H23Cl2N3O6S. The highest BCUT2D eigenvalue weighted by Crippen LogP contribution is 2.42. The number of carbonyl (C=O) groups is 1. The molecule has 1 amide bonds. The second-order valence-electron chi connectivity index (χ2n) is 8.26. The molecule has 9 nitrogen and oxygen atoms in total. The summed E-state index contributed by atoms with van der Waals surface area (Å²) in [6.07, 6.45) is 0.462. The number of rotatable bonds is 8. The number of phenols is 1. The average molecular weight is 588 g/mol. The topological polar surface area (TPSA) is 138 Å². The first-order valence-corrected chi connectivity index (χ1v) is 13.9. The largest absolute Gasteiger partial charge is 0.505 e. The van der Waals surface area contributed by atoms with Crippen LogP contribution < -0.4 is 10.1 Å². The van der Waals surface area contributed by atoms with Crippen LogP contribution in [0.25, 0.3) is 10.8 Å². The van der Waals surface area contributed by atoms with Gasteiger partial charge in [0, 0.05) is 5.39 Å². The van der Waals surface area contributed by atoms with E-state index in [0.29, 0.717) is 40.1 Å². The van der Waals surface area contributed by atoms with E-state index in [4.69, 9.17) is 27.9 Å². The highest BCUT2D eigenvalue weighted by Gasteiger charge is 2.23. The zero-order valence-corrected chi connectivity index (χ0v) is 23.1. The first-order valence-electron chi connectivity index (χ1n) is 11.7. The molecule has 0 aliphatic heterocycles. The summed E-state index contributed by atoms with van der Waals surface area (Å²) in [7, 11) is -4.69. The van der Waals surface area contributed by atoms with Gasteiger partial charge in [0.25, 0.3) is 16.0 Å². The minimum absolute atomic E-state index is 0.0153. The van der Waals surface area contributed by atoms with Crippen LogP contribution in [0, 0.1) is 0 Å². The van der Waals surface area contributed by atoms with Crippen LogP contribution in [-0.2, 0) is 16.5 Å². The molecule has 0 saturated carbocycles. The number of fused-ring (bicyclic) bond motifs is 1. The van der Waals surface area contributed by atoms with Gasteiger partial charge in [-0.05, 0) is 48.6 Å². The SMILES string of the molecule is CCOc1c(Cl)cccc1NC(=O)c1cc2ccccc2c(N=Nc2c(S(=O)(=O)O)ccc(CC)c2Cl)c1O. The molecule has 0 aliphatic carbocycles. The lowest BCUT2D eigenvalue weighted by atomic mass is 10.0. The molecule has 3 N–H and O–H groups in total. The summed E-state index contributed by atoms with van der Waals surface area (Å²) in [4.78, 5) is 12.8. The summed E-state index contributed by atoms with van der Waals surface area (Å²) in [6.45, 7) is 3.90. The molecule has 0 spiro atoms. The van der Waals surface area contributed by atoms with Crippen molar-refractivity contribution < 1.29 is 27.6 Å². The van der Waals surface area contributed by atoms with E-state index in [2.05, 4.69) is 15.5 Å². The first kappa shape index (κ1) is 28.3. The number of phenolic OH excluding ortho intramolecular Hbond substituents is 1. The Balaban J connectivity index is 1.86. The number of amides is 1. The summed E-state index contributed by atoms with van der Waals surface area (Å²) < 4.78 is 39.2. The Hall–Kier alpha value is -3.70. The van der Waals surface area contributed by atoms with Crippen molar-refractivity contribution in [3.8, 4) is 11.5 Å². The molecule has 0 atom stereocenters. The number of hydrogen-bond acceptors (Lipinski definition) is 7. The number of halogens is 2. The molecule has 0 aromatic heterocycles. The summed E-state index contributed by atoms with van der Waals surface area (Å²) in [5.41, 5.74) is 0.345. The second-order valence-corrected chi connectivity index (χ2v) is 10.4. The van der Waals surface area contributed by atoms with Crippen LogP contribution in [0.1, 0.15) is 29.8 Å². The van der Waals surface area contributed by atoms with Crippen LogP contribution in [0.4, 0.5) is 17.1 Å². The highest BCUT2D eigenvalue weighted by atomic mass is 35.5. The number of benzene rings is 4. The van der Waals surface area contributed by atoms with Crippen LogP contribution in [0.5, 0.6) is 11.5 Å². The van der Waals surface area contributed by atoms with E-state index in [1.165, 1.54) is 18.2 Å². The van der Waals surface area contributed by atoms with Crippen molar-refractivity contribution >= 4 is 67.1 Å². The van der Waals surface area contributed by atoms with Gasteiger partial charge in [-0.1, -0.05) is 66.5 Å². The van der Waals surface area contributed by atoms with Gasteiger partial charge in [-0.25, -0.2) is 0 Å². The zero-order chi connectivity index (χ0) is 28.3. The van der Waals surface area contributed by atoms with Crippen LogP contribution in [0.2, 0.25) is 10.0 Å². The minimum Gasteiger partial charge on any atom is -0.505 e. The molecule has 12 heteroatoms. The zero-order valence-electron chi connectivity index (χ0n) is 20.8. The Morgan fingerprint density at radius 3 is 2.41 bits per heavy atom. The van der Waals surface area contributed by atoms with E-state index in [0.717, 1.165) is 0 Å². The fourth-order valence-corrected chi connectivity index (χ4v) is 5.19. The monoisotopic (exact) mass is 587 g/mol. The maximum Gasteiger partial charge on any atom is 0.296 e. The van der Waals surface area contributed by atoms with Crippen molar-refractivity contribution in [2.45, 2.75) is 25.2 Å². The van der Waals surface area contributed by atoms with Crippen molar-refractivity contribution in [2.75, 3.05) is 11.9 Å². The van der Waals surface area contributed by atoms with E-state index in [-0.39, 0.29) is 27.7 Å². The molecule has 39 heavy (non-hydrogen) atoms. The number of carbonyl (C=O) groups excluding carboxylic acids is 1. The lowest BCUT2D eigenvalue weighted by Crippen LogP contribution is -2.13. The van der Waals surface area contributed by atoms with Gasteiger partial charge in [0.15, 0.2) is 11.5 Å². The third-order valence-electron chi connectivity index (χ3n) is 5.81. The Kier molecular flexibility index (Phi) is 8.41. The average Bonchev–Trinajstić information content (AvgIpc) is 2.89. The maximum absolute atomic E-state index is 13.3. The second kappa shape index (κ2) is 11.6. The number of ether oxygens (including phenoxy) is 1. The number of nitrogens with zero attached hydrogens (tertiary/aromatic N) is 2. The molecule has 4 rings (SSSR count). The number of hydrogen-bond donors (Lipinski definition) is 3. The van der Waals surface area contributed by atoms with E-state index in [9.17, 15) is 22.9 Å². The Morgan fingerprint density at radius 2 is 1.72 bits per heavy atom. The number of aryl methyl sites for hydroxylation is 1. The molecule has 0 unspecified atom stereocenters. The molecule has 0 aliphatic rings.